The van der Waals surface area contributed by atoms with Crippen molar-refractivity contribution < 1.29 is 47.1 Å². The van der Waals surface area contributed by atoms with E-state index in [4.69, 9.17) is 5.11 Å². The molecule has 0 spiro atoms. The van der Waals surface area contributed by atoms with Crippen LogP contribution in [0.25, 0.3) is 0 Å². The van der Waals surface area contributed by atoms with Crippen LogP contribution in [0.1, 0.15) is 40.0 Å². The van der Waals surface area contributed by atoms with Gasteiger partial charge in [0.25, 0.3) is 0 Å². The molecule has 0 saturated carbocycles. The predicted molar refractivity (Wildman–Crippen MR) is 88.6 cm³/mol. The maximum absolute atomic E-state index is 10.2. The first kappa shape index (κ1) is 29.1. The fraction of sp³-hybridized carbons (Fsp3) is 0.600. The Morgan fingerprint density at radius 1 is 0.810 bits per heavy atom. The molecule has 21 heavy (non-hydrogen) atoms. The van der Waals surface area contributed by atoms with Crippen molar-refractivity contribution in [2.75, 3.05) is 0 Å². The van der Waals surface area contributed by atoms with E-state index in [0.29, 0.717) is 5.75 Å². The van der Waals surface area contributed by atoms with Crippen LogP contribution in [-0.2, 0) is 26.2 Å². The Morgan fingerprint density at radius 3 is 1.33 bits per heavy atom. The molecule has 124 valence electrons. The molecular weight excluding hydrogens is 363 g/mol. The SMILES string of the molecule is CCC[Si](O)(CCC)CCC.O.O.Oc1ccccc1.[Zr]. The van der Waals surface area contributed by atoms with Gasteiger partial charge in [0, 0.05) is 26.2 Å². The van der Waals surface area contributed by atoms with E-state index < -0.39 is 8.32 Å². The molecule has 6 N–H and O–H groups in total. The van der Waals surface area contributed by atoms with Crippen LogP contribution < -0.4 is 0 Å². The molecule has 1 aromatic rings. The van der Waals surface area contributed by atoms with Crippen molar-refractivity contribution in [2.24, 2.45) is 0 Å². The van der Waals surface area contributed by atoms with Gasteiger partial charge in [-0.3, -0.25) is 0 Å². The van der Waals surface area contributed by atoms with E-state index >= 15 is 0 Å². The second kappa shape index (κ2) is 18.1. The number of phenolic OH excluding ortho intramolecular Hbond substituents is 1. The van der Waals surface area contributed by atoms with Crippen LogP contribution in [0.2, 0.25) is 18.1 Å². The van der Waals surface area contributed by atoms with Crippen LogP contribution in [0, 0.1) is 0 Å². The van der Waals surface area contributed by atoms with Gasteiger partial charge in [-0.25, -0.2) is 0 Å². The maximum atomic E-state index is 10.2. The van der Waals surface area contributed by atoms with E-state index in [0.717, 1.165) is 37.4 Å². The van der Waals surface area contributed by atoms with Crippen molar-refractivity contribution in [3.63, 3.8) is 0 Å². The van der Waals surface area contributed by atoms with Crippen LogP contribution in [0.5, 0.6) is 5.75 Å². The van der Waals surface area contributed by atoms with Crippen LogP contribution in [0.3, 0.4) is 0 Å². The predicted octanol–water partition coefficient (Wildman–Crippen LogP) is 2.89. The van der Waals surface area contributed by atoms with Crippen molar-refractivity contribution in [1.29, 1.82) is 0 Å². The zero-order chi connectivity index (χ0) is 13.9. The summed E-state index contributed by atoms with van der Waals surface area (Å²) in [7, 11) is -1.75. The third-order valence-electron chi connectivity index (χ3n) is 2.90. The molecule has 0 bridgehead atoms. The number of hydrogen-bond donors (Lipinski definition) is 2. The minimum atomic E-state index is -1.75. The topological polar surface area (TPSA) is 103 Å². The van der Waals surface area contributed by atoms with E-state index in [1.807, 2.05) is 6.07 Å². The number of phenols is 1. The first-order chi connectivity index (χ1) is 8.58. The van der Waals surface area contributed by atoms with Gasteiger partial charge in [-0.05, 0) is 30.3 Å². The Hall–Kier alpha value is -0.000000000000000222. The molecule has 6 heteroatoms. The Bertz CT molecular complexity index is 282. The summed E-state index contributed by atoms with van der Waals surface area (Å²) in [6.07, 6.45) is 3.47. The summed E-state index contributed by atoms with van der Waals surface area (Å²) in [5.74, 6) is 0.322. The Labute approximate surface area is 149 Å². The number of para-hydroxylation sites is 1. The quantitative estimate of drug-likeness (QED) is 0.723. The molecule has 0 aliphatic heterocycles. The van der Waals surface area contributed by atoms with E-state index in [9.17, 15) is 4.80 Å². The summed E-state index contributed by atoms with van der Waals surface area (Å²) in [6, 6.07) is 12.0. The average molecular weight is 396 g/mol. The standard InChI is InChI=1S/C9H22OSi.C6H6O.2H2O.Zr/c1-4-7-11(10,8-5-2)9-6-3;7-6-4-2-1-3-5-6;;;/h10H,4-9H2,1-3H3;1-5,7H;2*1H2;. The van der Waals surface area contributed by atoms with Gasteiger partial charge in [0.1, 0.15) is 5.75 Å². The van der Waals surface area contributed by atoms with E-state index in [1.54, 1.807) is 24.3 Å². The summed E-state index contributed by atoms with van der Waals surface area (Å²) in [4.78, 5) is 10.2. The van der Waals surface area contributed by atoms with Gasteiger partial charge in [0.05, 0.1) is 0 Å². The molecule has 1 rings (SSSR count). The zero-order valence-electron chi connectivity index (χ0n) is 13.5. The van der Waals surface area contributed by atoms with Crippen LogP contribution >= 0.6 is 0 Å². The molecule has 0 unspecified atom stereocenters. The zero-order valence-corrected chi connectivity index (χ0v) is 17.0. The van der Waals surface area contributed by atoms with Crippen molar-refractivity contribution >= 4 is 8.32 Å². The molecule has 1 aromatic carbocycles. The molecule has 0 fully saturated rings. The van der Waals surface area contributed by atoms with E-state index in [1.165, 1.54) is 0 Å². The van der Waals surface area contributed by atoms with Crippen molar-refractivity contribution in [1.82, 2.24) is 0 Å². The number of rotatable bonds is 6. The van der Waals surface area contributed by atoms with Gasteiger partial charge in [-0.2, -0.15) is 0 Å². The fourth-order valence-electron chi connectivity index (χ4n) is 2.20. The molecule has 0 saturated heterocycles. The third-order valence-corrected chi connectivity index (χ3v) is 7.19. The van der Waals surface area contributed by atoms with Crippen LogP contribution in [0.15, 0.2) is 30.3 Å². The van der Waals surface area contributed by atoms with Crippen LogP contribution in [-0.4, -0.2) is 29.2 Å². The Morgan fingerprint density at radius 2 is 1.14 bits per heavy atom. The Balaban J connectivity index is -0.000000127. The molecule has 0 aliphatic carbocycles. The maximum Gasteiger partial charge on any atom is 0.188 e. The normalized spacial score (nSPS) is 9.14. The first-order valence-corrected chi connectivity index (χ1v) is 9.61. The van der Waals surface area contributed by atoms with Gasteiger partial charge < -0.3 is 20.9 Å². The molecule has 0 aliphatic rings. The largest absolute Gasteiger partial charge is 0.508 e. The summed E-state index contributed by atoms with van der Waals surface area (Å²) in [5.41, 5.74) is 0. The minimum Gasteiger partial charge on any atom is -0.508 e. The molecule has 0 atom stereocenters. The molecule has 4 nitrogen and oxygen atoms in total. The number of hydrogen-bond acceptors (Lipinski definition) is 2. The second-order valence-corrected chi connectivity index (χ2v) is 8.76. The van der Waals surface area contributed by atoms with Crippen molar-refractivity contribution in [3.05, 3.63) is 30.3 Å². The van der Waals surface area contributed by atoms with Gasteiger partial charge in [-0.15, -0.1) is 0 Å². The van der Waals surface area contributed by atoms with Gasteiger partial charge in [0.15, 0.2) is 8.32 Å². The Kier molecular flexibility index (Phi) is 25.0. The molecular formula is C15H32O4SiZr. The summed E-state index contributed by atoms with van der Waals surface area (Å²) < 4.78 is 0. The third kappa shape index (κ3) is 16.2. The molecule has 0 amide bonds. The smallest absolute Gasteiger partial charge is 0.188 e. The summed E-state index contributed by atoms with van der Waals surface area (Å²) >= 11 is 0. The monoisotopic (exact) mass is 394 g/mol. The van der Waals surface area contributed by atoms with Crippen LogP contribution in [0.4, 0.5) is 0 Å². The van der Waals surface area contributed by atoms with Gasteiger partial charge in [0.2, 0.25) is 0 Å². The minimum absolute atomic E-state index is 0. The van der Waals surface area contributed by atoms with Crippen molar-refractivity contribution in [2.45, 2.75) is 58.2 Å². The second-order valence-electron chi connectivity index (χ2n) is 4.81. The van der Waals surface area contributed by atoms with E-state index in [-0.39, 0.29) is 37.2 Å². The van der Waals surface area contributed by atoms with Gasteiger partial charge in [-0.1, -0.05) is 58.2 Å². The van der Waals surface area contributed by atoms with E-state index in [2.05, 4.69) is 20.8 Å². The summed E-state index contributed by atoms with van der Waals surface area (Å²) in [6.45, 7) is 6.51. The fourth-order valence-corrected chi connectivity index (χ4v) is 5.74. The summed E-state index contributed by atoms with van der Waals surface area (Å²) in [5, 5.41) is 8.63. The van der Waals surface area contributed by atoms with Crippen molar-refractivity contribution in [3.8, 4) is 5.75 Å². The average Bonchev–Trinajstić information content (AvgIpc) is 2.31. The molecule has 0 aromatic heterocycles. The number of benzene rings is 1. The van der Waals surface area contributed by atoms with Gasteiger partial charge >= 0.3 is 0 Å². The molecule has 0 heterocycles. The number of aromatic hydroxyl groups is 1. The molecule has 0 radical (unpaired) electrons. The first-order valence-electron chi connectivity index (χ1n) is 7.04.